The summed E-state index contributed by atoms with van der Waals surface area (Å²) < 4.78 is 0. The molecule has 0 aromatic heterocycles. The predicted octanol–water partition coefficient (Wildman–Crippen LogP) is 5.82. The molecule has 1 unspecified atom stereocenters. The van der Waals surface area contributed by atoms with E-state index < -0.39 is 0 Å². The van der Waals surface area contributed by atoms with Crippen LogP contribution in [0.5, 0.6) is 0 Å². The van der Waals surface area contributed by atoms with Crippen molar-refractivity contribution in [2.24, 2.45) is 0 Å². The van der Waals surface area contributed by atoms with Gasteiger partial charge >= 0.3 is 0 Å². The minimum absolute atomic E-state index is 0.136. The van der Waals surface area contributed by atoms with Gasteiger partial charge in [-0.25, -0.2) is 0 Å². The van der Waals surface area contributed by atoms with Crippen molar-refractivity contribution in [1.29, 1.82) is 0 Å². The Balaban J connectivity index is 1.97. The van der Waals surface area contributed by atoms with E-state index in [0.717, 1.165) is 16.3 Å². The fraction of sp³-hybridized carbons (Fsp3) is 0.316. The highest BCUT2D eigenvalue weighted by Crippen LogP contribution is 2.21. The first kappa shape index (κ1) is 17.8. The van der Waals surface area contributed by atoms with Crippen molar-refractivity contribution in [2.75, 3.05) is 5.32 Å². The molecule has 0 heterocycles. The van der Waals surface area contributed by atoms with Gasteiger partial charge in [-0.15, -0.1) is 0 Å². The molecule has 1 atom stereocenters. The van der Waals surface area contributed by atoms with Gasteiger partial charge in [-0.3, -0.25) is 0 Å². The van der Waals surface area contributed by atoms with Gasteiger partial charge < -0.3 is 10.6 Å². The Kier molecular flexibility index (Phi) is 6.03. The number of thiocarbonyl (C=S) groups is 1. The summed E-state index contributed by atoms with van der Waals surface area (Å²) >= 11 is 11.5. The van der Waals surface area contributed by atoms with Gasteiger partial charge in [0.15, 0.2) is 5.11 Å². The largest absolute Gasteiger partial charge is 0.356 e. The summed E-state index contributed by atoms with van der Waals surface area (Å²) in [7, 11) is 0. The van der Waals surface area contributed by atoms with Crippen LogP contribution < -0.4 is 10.6 Å². The van der Waals surface area contributed by atoms with Gasteiger partial charge in [0.05, 0.1) is 6.04 Å². The van der Waals surface area contributed by atoms with Crippen LogP contribution in [0.4, 0.5) is 5.69 Å². The third-order valence-electron chi connectivity index (χ3n) is 3.88. The summed E-state index contributed by atoms with van der Waals surface area (Å²) in [5, 5.41) is 7.80. The van der Waals surface area contributed by atoms with Crippen LogP contribution in [-0.4, -0.2) is 5.11 Å². The molecule has 23 heavy (non-hydrogen) atoms. The average molecular weight is 347 g/mol. The van der Waals surface area contributed by atoms with Crippen LogP contribution >= 0.6 is 23.8 Å². The standard InChI is InChI=1S/C19H23ClN2S/c1-12(2)15-6-8-16(9-7-15)14(4)21-19(23)22-17-10-5-13(3)18(20)11-17/h5-12,14H,1-4H3,(H2,21,22,23). The lowest BCUT2D eigenvalue weighted by atomic mass is 10.00. The Morgan fingerprint density at radius 3 is 2.17 bits per heavy atom. The topological polar surface area (TPSA) is 24.1 Å². The smallest absolute Gasteiger partial charge is 0.171 e. The predicted molar refractivity (Wildman–Crippen MR) is 104 cm³/mol. The number of nitrogens with one attached hydrogen (secondary N) is 2. The van der Waals surface area contributed by atoms with Crippen molar-refractivity contribution in [3.8, 4) is 0 Å². The molecule has 0 aliphatic heterocycles. The first-order valence-corrected chi connectivity index (χ1v) is 8.59. The van der Waals surface area contributed by atoms with E-state index in [0.29, 0.717) is 11.0 Å². The van der Waals surface area contributed by atoms with Gasteiger partial charge in [-0.1, -0.05) is 55.8 Å². The van der Waals surface area contributed by atoms with Gasteiger partial charge in [0, 0.05) is 10.7 Å². The zero-order chi connectivity index (χ0) is 17.0. The van der Waals surface area contributed by atoms with Crippen LogP contribution in [0.1, 0.15) is 49.4 Å². The van der Waals surface area contributed by atoms with Crippen molar-refractivity contribution in [3.05, 3.63) is 64.2 Å². The molecule has 2 N–H and O–H groups in total. The highest BCUT2D eigenvalue weighted by atomic mass is 35.5. The molecule has 0 amide bonds. The Bertz CT molecular complexity index is 680. The number of hydrogen-bond donors (Lipinski definition) is 2. The third-order valence-corrected chi connectivity index (χ3v) is 4.51. The molecule has 0 aliphatic carbocycles. The number of hydrogen-bond acceptors (Lipinski definition) is 1. The van der Waals surface area contributed by atoms with Crippen molar-refractivity contribution < 1.29 is 0 Å². The van der Waals surface area contributed by atoms with Crippen molar-refractivity contribution >= 4 is 34.6 Å². The Morgan fingerprint density at radius 1 is 1.00 bits per heavy atom. The summed E-state index contributed by atoms with van der Waals surface area (Å²) in [4.78, 5) is 0. The number of halogens is 1. The van der Waals surface area contributed by atoms with Crippen LogP contribution in [-0.2, 0) is 0 Å². The van der Waals surface area contributed by atoms with Crippen molar-refractivity contribution in [3.63, 3.8) is 0 Å². The van der Waals surface area contributed by atoms with Crippen LogP contribution in [0.15, 0.2) is 42.5 Å². The second-order valence-corrected chi connectivity index (χ2v) is 6.92. The molecule has 0 saturated heterocycles. The third kappa shape index (κ3) is 4.95. The van der Waals surface area contributed by atoms with E-state index in [1.54, 1.807) is 0 Å². The molecule has 0 saturated carbocycles. The van der Waals surface area contributed by atoms with Gasteiger partial charge in [0.2, 0.25) is 0 Å². The highest BCUT2D eigenvalue weighted by molar-refractivity contribution is 7.80. The Morgan fingerprint density at radius 2 is 1.61 bits per heavy atom. The highest BCUT2D eigenvalue weighted by Gasteiger charge is 2.08. The molecule has 0 aliphatic rings. The first-order chi connectivity index (χ1) is 10.9. The number of rotatable bonds is 4. The second kappa shape index (κ2) is 7.80. The molecule has 4 heteroatoms. The molecule has 122 valence electrons. The van der Waals surface area contributed by atoms with Crippen LogP contribution in [0.3, 0.4) is 0 Å². The fourth-order valence-corrected chi connectivity index (χ4v) is 2.76. The van der Waals surface area contributed by atoms with Crippen LogP contribution in [0.25, 0.3) is 0 Å². The van der Waals surface area contributed by atoms with Gasteiger partial charge in [-0.2, -0.15) is 0 Å². The first-order valence-electron chi connectivity index (χ1n) is 7.80. The number of anilines is 1. The fourth-order valence-electron chi connectivity index (χ4n) is 2.29. The summed E-state index contributed by atoms with van der Waals surface area (Å²) in [6.45, 7) is 8.47. The zero-order valence-electron chi connectivity index (χ0n) is 14.0. The van der Waals surface area contributed by atoms with E-state index in [2.05, 4.69) is 55.7 Å². The molecule has 0 spiro atoms. The van der Waals surface area contributed by atoms with Gasteiger partial charge in [0.1, 0.15) is 0 Å². The molecule has 0 radical (unpaired) electrons. The molecule has 2 aromatic carbocycles. The van der Waals surface area contributed by atoms with E-state index in [1.807, 2.05) is 25.1 Å². The Labute approximate surface area is 149 Å². The van der Waals surface area contributed by atoms with E-state index in [9.17, 15) is 0 Å². The quantitative estimate of drug-likeness (QED) is 0.682. The number of aryl methyl sites for hydroxylation is 1. The zero-order valence-corrected chi connectivity index (χ0v) is 15.6. The van der Waals surface area contributed by atoms with Crippen LogP contribution in [0, 0.1) is 6.92 Å². The minimum Gasteiger partial charge on any atom is -0.356 e. The van der Waals surface area contributed by atoms with E-state index in [4.69, 9.17) is 23.8 Å². The maximum Gasteiger partial charge on any atom is 0.171 e. The maximum absolute atomic E-state index is 6.14. The Hall–Kier alpha value is -1.58. The molecule has 2 nitrogen and oxygen atoms in total. The second-order valence-electron chi connectivity index (χ2n) is 6.11. The normalized spacial score (nSPS) is 12.1. The minimum atomic E-state index is 0.136. The molecule has 2 aromatic rings. The lowest BCUT2D eigenvalue weighted by Gasteiger charge is -2.18. The monoisotopic (exact) mass is 346 g/mol. The van der Waals surface area contributed by atoms with E-state index >= 15 is 0 Å². The average Bonchev–Trinajstić information content (AvgIpc) is 2.51. The number of benzene rings is 2. The summed E-state index contributed by atoms with van der Waals surface area (Å²) in [5.74, 6) is 0.543. The molecular formula is C19H23ClN2S. The summed E-state index contributed by atoms with van der Waals surface area (Å²) in [6, 6.07) is 14.6. The lowest BCUT2D eigenvalue weighted by Crippen LogP contribution is -2.30. The summed E-state index contributed by atoms with van der Waals surface area (Å²) in [5.41, 5.74) is 4.49. The van der Waals surface area contributed by atoms with Crippen LogP contribution in [0.2, 0.25) is 5.02 Å². The lowest BCUT2D eigenvalue weighted by molar-refractivity contribution is 0.721. The van der Waals surface area contributed by atoms with E-state index in [-0.39, 0.29) is 6.04 Å². The SMILES string of the molecule is Cc1ccc(NC(=S)NC(C)c2ccc(C(C)C)cc2)cc1Cl. The summed E-state index contributed by atoms with van der Waals surface area (Å²) in [6.07, 6.45) is 0. The van der Waals surface area contributed by atoms with Crippen molar-refractivity contribution in [2.45, 2.75) is 39.7 Å². The van der Waals surface area contributed by atoms with Gasteiger partial charge in [0.25, 0.3) is 0 Å². The molecule has 0 bridgehead atoms. The van der Waals surface area contributed by atoms with Crippen molar-refractivity contribution in [1.82, 2.24) is 5.32 Å². The van der Waals surface area contributed by atoms with E-state index in [1.165, 1.54) is 11.1 Å². The molecule has 2 rings (SSSR count). The molecule has 0 fully saturated rings. The maximum atomic E-state index is 6.14. The molecular weight excluding hydrogens is 324 g/mol. The van der Waals surface area contributed by atoms with Gasteiger partial charge in [-0.05, 0) is 60.8 Å².